The third-order valence-corrected chi connectivity index (χ3v) is 4.42. The quantitative estimate of drug-likeness (QED) is 0.719. The molecule has 2 rings (SSSR count). The van der Waals surface area contributed by atoms with Crippen LogP contribution in [0.1, 0.15) is 46.5 Å². The molecule has 15 heavy (non-hydrogen) atoms. The molecule has 0 unspecified atom stereocenters. The number of hydrogen-bond acceptors (Lipinski definition) is 2. The van der Waals surface area contributed by atoms with Crippen LogP contribution in [0.4, 0.5) is 0 Å². The Morgan fingerprint density at radius 2 is 1.60 bits per heavy atom. The molecule has 2 heteroatoms. The third-order valence-electron chi connectivity index (χ3n) is 4.42. The average Bonchev–Trinajstić information content (AvgIpc) is 2.12. The van der Waals surface area contributed by atoms with E-state index in [0.717, 1.165) is 12.0 Å². The largest absolute Gasteiger partial charge is 0.328 e. The highest BCUT2D eigenvalue weighted by Crippen LogP contribution is 2.36. The lowest BCUT2D eigenvalue weighted by Gasteiger charge is -2.46. The Hall–Kier alpha value is -0.0800. The van der Waals surface area contributed by atoms with Crippen molar-refractivity contribution in [2.24, 2.45) is 17.1 Å². The number of hydrogen-bond donors (Lipinski definition) is 1. The van der Waals surface area contributed by atoms with Gasteiger partial charge in [-0.3, -0.25) is 0 Å². The molecule has 2 fully saturated rings. The smallest absolute Gasteiger partial charge is 0.0125 e. The van der Waals surface area contributed by atoms with Gasteiger partial charge in [-0.05, 0) is 50.1 Å². The van der Waals surface area contributed by atoms with Crippen molar-refractivity contribution in [1.29, 1.82) is 0 Å². The number of rotatable bonds is 1. The van der Waals surface area contributed by atoms with E-state index in [1.54, 1.807) is 0 Å². The fourth-order valence-electron chi connectivity index (χ4n) is 3.06. The Balaban J connectivity index is 1.77. The van der Waals surface area contributed by atoms with Crippen molar-refractivity contribution in [3.8, 4) is 0 Å². The lowest BCUT2D eigenvalue weighted by atomic mass is 9.74. The van der Waals surface area contributed by atoms with Crippen LogP contribution in [0.15, 0.2) is 0 Å². The summed E-state index contributed by atoms with van der Waals surface area (Å²) in [7, 11) is 0. The first-order chi connectivity index (χ1) is 6.97. The molecule has 0 bridgehead atoms. The number of piperidine rings is 1. The lowest BCUT2D eigenvalue weighted by molar-refractivity contribution is 0.0454. The Morgan fingerprint density at radius 1 is 1.07 bits per heavy atom. The topological polar surface area (TPSA) is 29.3 Å². The molecule has 2 aliphatic rings. The molecule has 1 aliphatic carbocycles. The highest BCUT2D eigenvalue weighted by molar-refractivity contribution is 4.92. The van der Waals surface area contributed by atoms with E-state index in [1.165, 1.54) is 38.8 Å². The van der Waals surface area contributed by atoms with Crippen LogP contribution >= 0.6 is 0 Å². The van der Waals surface area contributed by atoms with Gasteiger partial charge in [-0.25, -0.2) is 0 Å². The maximum atomic E-state index is 5.85. The fraction of sp³-hybridized carbons (Fsp3) is 1.00. The van der Waals surface area contributed by atoms with Crippen LogP contribution in [0, 0.1) is 11.3 Å². The zero-order valence-corrected chi connectivity index (χ0v) is 10.5. The minimum Gasteiger partial charge on any atom is -0.328 e. The van der Waals surface area contributed by atoms with Gasteiger partial charge in [0.2, 0.25) is 0 Å². The SMILES string of the molecule is CC(C)(C)C1CCN(C2CC(N)C2)CC1. The monoisotopic (exact) mass is 210 g/mol. The standard InChI is InChI=1S/C13H26N2/c1-13(2,3)10-4-6-15(7-5-10)12-8-11(14)9-12/h10-12H,4-9,14H2,1-3H3. The summed E-state index contributed by atoms with van der Waals surface area (Å²) in [6.45, 7) is 9.75. The molecule has 2 N–H and O–H groups in total. The van der Waals surface area contributed by atoms with E-state index in [0.29, 0.717) is 11.5 Å². The first-order valence-corrected chi connectivity index (χ1v) is 6.46. The molecule has 1 aliphatic heterocycles. The van der Waals surface area contributed by atoms with Crippen molar-refractivity contribution in [2.45, 2.75) is 58.5 Å². The number of nitrogens with two attached hydrogens (primary N) is 1. The summed E-state index contributed by atoms with van der Waals surface area (Å²) in [6.07, 6.45) is 5.24. The first kappa shape index (κ1) is 11.4. The van der Waals surface area contributed by atoms with Crippen molar-refractivity contribution < 1.29 is 0 Å². The molecular weight excluding hydrogens is 184 g/mol. The van der Waals surface area contributed by atoms with E-state index >= 15 is 0 Å². The molecule has 1 heterocycles. The second-order valence-electron chi connectivity index (χ2n) is 6.56. The molecule has 1 saturated heterocycles. The number of nitrogens with zero attached hydrogens (tertiary/aromatic N) is 1. The summed E-state index contributed by atoms with van der Waals surface area (Å²) >= 11 is 0. The summed E-state index contributed by atoms with van der Waals surface area (Å²) in [5, 5.41) is 0. The summed E-state index contributed by atoms with van der Waals surface area (Å²) in [5.74, 6) is 0.919. The molecule has 2 nitrogen and oxygen atoms in total. The molecule has 88 valence electrons. The first-order valence-electron chi connectivity index (χ1n) is 6.46. The van der Waals surface area contributed by atoms with Crippen molar-refractivity contribution >= 4 is 0 Å². The van der Waals surface area contributed by atoms with Crippen LogP contribution < -0.4 is 5.73 Å². The van der Waals surface area contributed by atoms with Gasteiger partial charge in [0.15, 0.2) is 0 Å². The normalized spacial score (nSPS) is 35.2. The number of likely N-dealkylation sites (tertiary alicyclic amines) is 1. The van der Waals surface area contributed by atoms with Gasteiger partial charge in [-0.15, -0.1) is 0 Å². The molecule has 0 atom stereocenters. The van der Waals surface area contributed by atoms with Gasteiger partial charge in [-0.2, -0.15) is 0 Å². The van der Waals surface area contributed by atoms with Gasteiger partial charge in [0, 0.05) is 12.1 Å². The van der Waals surface area contributed by atoms with Gasteiger partial charge >= 0.3 is 0 Å². The van der Waals surface area contributed by atoms with Crippen LogP contribution in [0.3, 0.4) is 0 Å². The van der Waals surface area contributed by atoms with Gasteiger partial charge in [0.05, 0.1) is 0 Å². The Morgan fingerprint density at radius 3 is 2.00 bits per heavy atom. The minimum atomic E-state index is 0.496. The van der Waals surface area contributed by atoms with Crippen molar-refractivity contribution in [1.82, 2.24) is 4.90 Å². The van der Waals surface area contributed by atoms with Crippen molar-refractivity contribution in [3.05, 3.63) is 0 Å². The van der Waals surface area contributed by atoms with E-state index in [2.05, 4.69) is 25.7 Å². The van der Waals surface area contributed by atoms with E-state index in [9.17, 15) is 0 Å². The third kappa shape index (κ3) is 2.54. The maximum absolute atomic E-state index is 5.85. The summed E-state index contributed by atoms with van der Waals surface area (Å²) in [5.41, 5.74) is 6.35. The highest BCUT2D eigenvalue weighted by Gasteiger charge is 2.35. The highest BCUT2D eigenvalue weighted by atomic mass is 15.2. The van der Waals surface area contributed by atoms with E-state index in [-0.39, 0.29) is 0 Å². The lowest BCUT2D eigenvalue weighted by Crippen LogP contribution is -2.53. The minimum absolute atomic E-state index is 0.496. The summed E-state index contributed by atoms with van der Waals surface area (Å²) in [6, 6.07) is 1.32. The predicted octanol–water partition coefficient (Wildman–Crippen LogP) is 2.23. The predicted molar refractivity (Wildman–Crippen MR) is 64.7 cm³/mol. The molecule has 0 aromatic heterocycles. The Kier molecular flexibility index (Phi) is 3.09. The van der Waals surface area contributed by atoms with Gasteiger partial charge in [0.25, 0.3) is 0 Å². The van der Waals surface area contributed by atoms with Crippen LogP contribution in [0.5, 0.6) is 0 Å². The molecule has 0 aromatic carbocycles. The summed E-state index contributed by atoms with van der Waals surface area (Å²) < 4.78 is 0. The molecule has 0 aromatic rings. The van der Waals surface area contributed by atoms with Gasteiger partial charge in [-0.1, -0.05) is 20.8 Å². The summed E-state index contributed by atoms with van der Waals surface area (Å²) in [4.78, 5) is 2.67. The van der Waals surface area contributed by atoms with Crippen molar-refractivity contribution in [3.63, 3.8) is 0 Å². The van der Waals surface area contributed by atoms with Gasteiger partial charge in [0.1, 0.15) is 0 Å². The van der Waals surface area contributed by atoms with Gasteiger partial charge < -0.3 is 10.6 Å². The van der Waals surface area contributed by atoms with Crippen LogP contribution in [-0.2, 0) is 0 Å². The molecular formula is C13H26N2. The molecule has 1 saturated carbocycles. The Bertz CT molecular complexity index is 205. The molecule has 0 spiro atoms. The van der Waals surface area contributed by atoms with E-state index in [1.807, 2.05) is 0 Å². The van der Waals surface area contributed by atoms with Crippen LogP contribution in [0.2, 0.25) is 0 Å². The second kappa shape index (κ2) is 4.06. The fourth-order valence-corrected chi connectivity index (χ4v) is 3.06. The van der Waals surface area contributed by atoms with Crippen molar-refractivity contribution in [2.75, 3.05) is 13.1 Å². The Labute approximate surface area is 94.2 Å². The van der Waals surface area contributed by atoms with E-state index in [4.69, 9.17) is 5.73 Å². The molecule has 0 amide bonds. The second-order valence-corrected chi connectivity index (χ2v) is 6.56. The maximum Gasteiger partial charge on any atom is 0.0125 e. The zero-order valence-electron chi connectivity index (χ0n) is 10.5. The van der Waals surface area contributed by atoms with Crippen LogP contribution in [0.25, 0.3) is 0 Å². The van der Waals surface area contributed by atoms with E-state index < -0.39 is 0 Å². The van der Waals surface area contributed by atoms with Crippen LogP contribution in [-0.4, -0.2) is 30.1 Å². The molecule has 0 radical (unpaired) electrons. The zero-order chi connectivity index (χ0) is 11.1. The average molecular weight is 210 g/mol.